The molecule has 36 heavy (non-hydrogen) atoms. The normalized spacial score (nSPS) is 14.1. The lowest BCUT2D eigenvalue weighted by Crippen LogP contribution is -2.28. The quantitative estimate of drug-likeness (QED) is 0.394. The molecule has 1 aromatic carbocycles. The van der Waals surface area contributed by atoms with Crippen molar-refractivity contribution in [2.75, 3.05) is 11.9 Å². The van der Waals surface area contributed by atoms with Crippen molar-refractivity contribution in [1.82, 2.24) is 24.7 Å². The molecule has 0 fully saturated rings. The van der Waals surface area contributed by atoms with Gasteiger partial charge in [-0.3, -0.25) is 9.59 Å². The van der Waals surface area contributed by atoms with Gasteiger partial charge in [-0.15, -0.1) is 0 Å². The van der Waals surface area contributed by atoms with Crippen molar-refractivity contribution >= 4 is 28.7 Å². The summed E-state index contributed by atoms with van der Waals surface area (Å²) in [5, 5.41) is 8.24. The molecular formula is C26H25FN6O3. The van der Waals surface area contributed by atoms with E-state index in [1.54, 1.807) is 55.9 Å². The molecule has 1 N–H and O–H groups in total. The molecule has 1 amide bonds. The monoisotopic (exact) mass is 488 g/mol. The van der Waals surface area contributed by atoms with Gasteiger partial charge >= 0.3 is 5.97 Å². The lowest BCUT2D eigenvalue weighted by molar-refractivity contribution is -0.143. The average molecular weight is 489 g/mol. The van der Waals surface area contributed by atoms with Crippen LogP contribution >= 0.6 is 0 Å². The summed E-state index contributed by atoms with van der Waals surface area (Å²) >= 11 is 0. The van der Waals surface area contributed by atoms with Gasteiger partial charge in [0.25, 0.3) is 0 Å². The van der Waals surface area contributed by atoms with Crippen molar-refractivity contribution in [3.05, 3.63) is 65.2 Å². The number of carbonyl (C=O) groups excluding carboxylic acids is 2. The number of amides is 1. The third-order valence-electron chi connectivity index (χ3n) is 6.28. The van der Waals surface area contributed by atoms with E-state index >= 15 is 0 Å². The van der Waals surface area contributed by atoms with Crippen LogP contribution in [0.5, 0.6) is 0 Å². The van der Waals surface area contributed by atoms with Gasteiger partial charge in [-0.2, -0.15) is 5.10 Å². The first-order chi connectivity index (χ1) is 17.3. The molecule has 3 aromatic heterocycles. The van der Waals surface area contributed by atoms with Crippen LogP contribution < -0.4 is 5.32 Å². The number of hydrogen-bond donors (Lipinski definition) is 1. The molecule has 0 saturated carbocycles. The highest BCUT2D eigenvalue weighted by atomic mass is 19.1. The second-order valence-corrected chi connectivity index (χ2v) is 9.07. The number of aromatic nitrogens is 5. The summed E-state index contributed by atoms with van der Waals surface area (Å²) in [6, 6.07) is 10.1. The van der Waals surface area contributed by atoms with Gasteiger partial charge in [0.15, 0.2) is 11.5 Å². The first-order valence-corrected chi connectivity index (χ1v) is 11.7. The van der Waals surface area contributed by atoms with Crippen LogP contribution in [0.1, 0.15) is 44.0 Å². The molecule has 0 saturated heterocycles. The summed E-state index contributed by atoms with van der Waals surface area (Å²) in [5.74, 6) is -0.188. The van der Waals surface area contributed by atoms with Crippen molar-refractivity contribution in [3.8, 4) is 11.5 Å². The number of aryl methyl sites for hydroxylation is 1. The highest BCUT2D eigenvalue weighted by molar-refractivity contribution is 6.05. The number of ether oxygens (including phenoxy) is 1. The Hall–Kier alpha value is -4.21. The van der Waals surface area contributed by atoms with Crippen LogP contribution in [0.4, 0.5) is 10.2 Å². The Morgan fingerprint density at radius 1 is 1.17 bits per heavy atom. The summed E-state index contributed by atoms with van der Waals surface area (Å²) in [6.07, 6.45) is 2.04. The second kappa shape index (κ2) is 9.10. The summed E-state index contributed by atoms with van der Waals surface area (Å²) in [5.41, 5.74) is 1.86. The molecule has 9 nitrogen and oxygen atoms in total. The minimum atomic E-state index is -0.855. The Morgan fingerprint density at radius 3 is 2.75 bits per heavy atom. The zero-order valence-electron chi connectivity index (χ0n) is 20.2. The van der Waals surface area contributed by atoms with Crippen molar-refractivity contribution in [2.24, 2.45) is 0 Å². The number of anilines is 1. The first-order valence-electron chi connectivity index (χ1n) is 11.7. The maximum atomic E-state index is 14.4. The van der Waals surface area contributed by atoms with Crippen molar-refractivity contribution in [2.45, 2.75) is 45.6 Å². The second-order valence-electron chi connectivity index (χ2n) is 9.07. The number of rotatable bonds is 7. The predicted molar refractivity (Wildman–Crippen MR) is 131 cm³/mol. The van der Waals surface area contributed by atoms with Gasteiger partial charge in [-0.05, 0) is 39.0 Å². The zero-order valence-corrected chi connectivity index (χ0v) is 20.2. The average Bonchev–Trinajstić information content (AvgIpc) is 3.33. The van der Waals surface area contributed by atoms with Crippen LogP contribution in [0, 0.1) is 5.82 Å². The number of esters is 1. The molecule has 0 aliphatic carbocycles. The number of nitrogens with zero attached hydrogens (tertiary/aromatic N) is 5. The van der Waals surface area contributed by atoms with Gasteiger partial charge in [-0.25, -0.2) is 24.0 Å². The van der Waals surface area contributed by atoms with Crippen LogP contribution in [0.3, 0.4) is 0 Å². The van der Waals surface area contributed by atoms with E-state index in [1.807, 2.05) is 6.07 Å². The van der Waals surface area contributed by atoms with Crippen molar-refractivity contribution in [3.63, 3.8) is 0 Å². The smallest absolute Gasteiger partial charge is 0.306 e. The van der Waals surface area contributed by atoms with Crippen molar-refractivity contribution in [1.29, 1.82) is 0 Å². The van der Waals surface area contributed by atoms with Gasteiger partial charge in [0.2, 0.25) is 5.91 Å². The number of fused-ring (bicyclic) bond motifs is 2. The predicted octanol–water partition coefficient (Wildman–Crippen LogP) is 3.80. The Kier molecular flexibility index (Phi) is 5.95. The van der Waals surface area contributed by atoms with E-state index in [0.29, 0.717) is 39.4 Å². The molecule has 5 rings (SSSR count). The molecule has 0 atom stereocenters. The largest absolute Gasteiger partial charge is 0.466 e. The Labute approximate surface area is 206 Å². The summed E-state index contributed by atoms with van der Waals surface area (Å²) in [6.45, 7) is 5.81. The van der Waals surface area contributed by atoms with Crippen LogP contribution in [-0.2, 0) is 32.7 Å². The van der Waals surface area contributed by atoms with E-state index in [4.69, 9.17) is 14.8 Å². The minimum Gasteiger partial charge on any atom is -0.466 e. The summed E-state index contributed by atoms with van der Waals surface area (Å²) in [7, 11) is 0. The van der Waals surface area contributed by atoms with Crippen LogP contribution in [0.2, 0.25) is 0 Å². The third-order valence-corrected chi connectivity index (χ3v) is 6.28. The summed E-state index contributed by atoms with van der Waals surface area (Å²) in [4.78, 5) is 38.7. The van der Waals surface area contributed by atoms with E-state index < -0.39 is 5.41 Å². The lowest BCUT2D eigenvalue weighted by Gasteiger charge is -2.18. The Morgan fingerprint density at radius 2 is 1.97 bits per heavy atom. The van der Waals surface area contributed by atoms with Gasteiger partial charge < -0.3 is 10.1 Å². The van der Waals surface area contributed by atoms with Crippen LogP contribution in [0.15, 0.2) is 42.6 Å². The number of pyridine rings is 1. The van der Waals surface area contributed by atoms with E-state index in [1.165, 1.54) is 6.07 Å². The number of benzene rings is 1. The lowest BCUT2D eigenvalue weighted by atomic mass is 9.85. The third kappa shape index (κ3) is 4.08. The fraction of sp³-hybridized carbons (Fsp3) is 0.308. The van der Waals surface area contributed by atoms with Crippen LogP contribution in [-0.4, -0.2) is 43.2 Å². The molecular weight excluding hydrogens is 463 g/mol. The Bertz CT molecular complexity index is 1500. The molecule has 4 aromatic rings. The fourth-order valence-electron chi connectivity index (χ4n) is 4.44. The number of carbonyl (C=O) groups is 2. The molecule has 0 radical (unpaired) electrons. The van der Waals surface area contributed by atoms with Gasteiger partial charge in [-0.1, -0.05) is 18.2 Å². The van der Waals surface area contributed by atoms with Crippen LogP contribution in [0.25, 0.3) is 22.6 Å². The van der Waals surface area contributed by atoms with Gasteiger partial charge in [0, 0.05) is 23.7 Å². The zero-order chi connectivity index (χ0) is 25.4. The number of halogens is 1. The minimum absolute atomic E-state index is 0.116. The summed E-state index contributed by atoms with van der Waals surface area (Å²) < 4.78 is 21.0. The topological polar surface area (TPSA) is 112 Å². The first kappa shape index (κ1) is 23.5. The maximum absolute atomic E-state index is 14.4. The fourth-order valence-corrected chi connectivity index (χ4v) is 4.44. The SMILES string of the molecule is CCOC(=O)CCc1nc(-c2nn(Cc3ccccc3F)c3ncccc23)nc2c1C(C)(C)C(=O)N2. The molecule has 1 aliphatic heterocycles. The van der Waals surface area contributed by atoms with Crippen molar-refractivity contribution < 1.29 is 18.7 Å². The molecule has 10 heteroatoms. The molecule has 0 unspecified atom stereocenters. The highest BCUT2D eigenvalue weighted by Gasteiger charge is 2.42. The molecule has 0 bridgehead atoms. The Balaban J connectivity index is 1.62. The highest BCUT2D eigenvalue weighted by Crippen LogP contribution is 2.40. The molecule has 1 aliphatic rings. The number of nitrogens with one attached hydrogen (secondary N) is 1. The molecule has 0 spiro atoms. The van der Waals surface area contributed by atoms with Gasteiger partial charge in [0.05, 0.1) is 36.1 Å². The van der Waals surface area contributed by atoms with E-state index in [2.05, 4.69) is 15.3 Å². The van der Waals surface area contributed by atoms with E-state index in [9.17, 15) is 14.0 Å². The van der Waals surface area contributed by atoms with Gasteiger partial charge in [0.1, 0.15) is 17.3 Å². The maximum Gasteiger partial charge on any atom is 0.306 e. The molecule has 4 heterocycles. The number of hydrogen-bond acceptors (Lipinski definition) is 7. The van der Waals surface area contributed by atoms with E-state index in [-0.39, 0.29) is 49.5 Å². The molecule has 184 valence electrons. The standard InChI is InChI=1S/C26H25FN6O3/c1-4-36-19(34)12-11-18-20-22(31-25(35)26(20,2)3)30-23(29-18)21-16-9-7-13-28-24(16)33(32-21)14-15-8-5-6-10-17(15)27/h5-10,13H,4,11-12,14H2,1-3H3,(H,29,30,31,35). The van der Waals surface area contributed by atoms with E-state index in [0.717, 1.165) is 0 Å².